The highest BCUT2D eigenvalue weighted by molar-refractivity contribution is 5.89. The number of amides is 1. The van der Waals surface area contributed by atoms with Crippen LogP contribution in [0.3, 0.4) is 0 Å². The van der Waals surface area contributed by atoms with Crippen molar-refractivity contribution >= 4 is 27.8 Å². The minimum Gasteiger partial charge on any atom is -0.460 e. The normalized spacial score (nSPS) is 13.6. The van der Waals surface area contributed by atoms with Crippen LogP contribution >= 0.6 is 0 Å². The number of para-hydroxylation sites is 2. The first-order valence-corrected chi connectivity index (χ1v) is 12.5. The average Bonchev–Trinajstić information content (AvgIpc) is 3.50. The van der Waals surface area contributed by atoms with E-state index in [-0.39, 0.29) is 11.3 Å². The zero-order valence-corrected chi connectivity index (χ0v) is 21.1. The van der Waals surface area contributed by atoms with Crippen molar-refractivity contribution in [3.05, 3.63) is 108 Å². The van der Waals surface area contributed by atoms with Gasteiger partial charge >= 0.3 is 0 Å². The predicted octanol–water partition coefficient (Wildman–Crippen LogP) is 6.10. The SMILES string of the molecule is CC(Cc1c[nH]c2ccccc12)(NCc1cc2ccccc2o1)C(=O)NCC(C)(C)c1ccccc1. The molecule has 0 fully saturated rings. The summed E-state index contributed by atoms with van der Waals surface area (Å²) in [6, 6.07) is 28.5. The Morgan fingerprint density at radius 3 is 2.44 bits per heavy atom. The summed E-state index contributed by atoms with van der Waals surface area (Å²) in [5.74, 6) is 0.770. The molecule has 3 N–H and O–H groups in total. The van der Waals surface area contributed by atoms with Gasteiger partial charge in [0.2, 0.25) is 5.91 Å². The number of rotatable bonds is 9. The van der Waals surface area contributed by atoms with Crippen LogP contribution in [0, 0.1) is 0 Å². The van der Waals surface area contributed by atoms with E-state index < -0.39 is 5.54 Å². The van der Waals surface area contributed by atoms with Gasteiger partial charge in [-0.3, -0.25) is 10.1 Å². The van der Waals surface area contributed by atoms with Crippen molar-refractivity contribution < 1.29 is 9.21 Å². The summed E-state index contributed by atoms with van der Waals surface area (Å²) in [6.07, 6.45) is 2.54. The Morgan fingerprint density at radius 2 is 1.64 bits per heavy atom. The third kappa shape index (κ3) is 4.93. The number of carbonyl (C=O) groups excluding carboxylic acids is 1. The number of furan rings is 1. The number of carbonyl (C=O) groups is 1. The monoisotopic (exact) mass is 479 g/mol. The standard InChI is InChI=1S/C31H33N3O2/c1-30(2,24-12-5-4-6-13-24)21-33-29(35)31(3,18-23-19-32-27-15-9-8-14-26(23)27)34-20-25-17-22-11-7-10-16-28(22)36-25/h4-17,19,32,34H,18,20-21H2,1-3H3,(H,33,35). The van der Waals surface area contributed by atoms with Gasteiger partial charge in [-0.2, -0.15) is 0 Å². The van der Waals surface area contributed by atoms with Crippen molar-refractivity contribution in [2.24, 2.45) is 0 Å². The van der Waals surface area contributed by atoms with Gasteiger partial charge in [0.25, 0.3) is 0 Å². The van der Waals surface area contributed by atoms with Crippen molar-refractivity contribution in [2.45, 2.75) is 44.7 Å². The highest BCUT2D eigenvalue weighted by Gasteiger charge is 2.35. The second kappa shape index (κ2) is 9.67. The number of benzene rings is 3. The molecule has 5 rings (SSSR count). The number of fused-ring (bicyclic) bond motifs is 2. The molecule has 0 aliphatic rings. The molecule has 5 nitrogen and oxygen atoms in total. The van der Waals surface area contributed by atoms with Crippen LogP contribution in [0.25, 0.3) is 21.9 Å². The maximum atomic E-state index is 13.8. The lowest BCUT2D eigenvalue weighted by atomic mass is 9.84. The molecule has 1 amide bonds. The molecule has 36 heavy (non-hydrogen) atoms. The molecule has 184 valence electrons. The molecule has 0 spiro atoms. The summed E-state index contributed by atoms with van der Waals surface area (Å²) in [4.78, 5) is 17.1. The van der Waals surface area contributed by atoms with E-state index in [2.05, 4.69) is 53.7 Å². The molecule has 0 aliphatic carbocycles. The first kappa shape index (κ1) is 23.9. The van der Waals surface area contributed by atoms with Crippen molar-refractivity contribution in [2.75, 3.05) is 6.54 Å². The third-order valence-corrected chi connectivity index (χ3v) is 7.10. The number of H-pyrrole nitrogens is 1. The highest BCUT2D eigenvalue weighted by atomic mass is 16.3. The van der Waals surface area contributed by atoms with Gasteiger partial charge in [0, 0.05) is 40.9 Å². The van der Waals surface area contributed by atoms with E-state index in [1.165, 1.54) is 5.56 Å². The Hall–Kier alpha value is -3.83. The minimum absolute atomic E-state index is 0.0344. The summed E-state index contributed by atoms with van der Waals surface area (Å²) in [7, 11) is 0. The van der Waals surface area contributed by atoms with Crippen LogP contribution in [-0.4, -0.2) is 23.0 Å². The fourth-order valence-corrected chi connectivity index (χ4v) is 4.78. The molecule has 0 aliphatic heterocycles. The molecular weight excluding hydrogens is 446 g/mol. The summed E-state index contributed by atoms with van der Waals surface area (Å²) in [5, 5.41) is 8.96. The van der Waals surface area contributed by atoms with E-state index in [4.69, 9.17) is 4.42 Å². The predicted molar refractivity (Wildman–Crippen MR) is 146 cm³/mol. The molecule has 0 bridgehead atoms. The molecule has 2 heterocycles. The molecule has 2 aromatic heterocycles. The molecule has 1 atom stereocenters. The summed E-state index contributed by atoms with van der Waals surface area (Å²) >= 11 is 0. The van der Waals surface area contributed by atoms with Crippen molar-refractivity contribution in [1.82, 2.24) is 15.6 Å². The van der Waals surface area contributed by atoms with Gasteiger partial charge in [-0.15, -0.1) is 0 Å². The van der Waals surface area contributed by atoms with Gasteiger partial charge in [-0.25, -0.2) is 0 Å². The Kier molecular flexibility index (Phi) is 6.42. The van der Waals surface area contributed by atoms with Gasteiger partial charge in [-0.05, 0) is 36.2 Å². The average molecular weight is 480 g/mol. The van der Waals surface area contributed by atoms with Crippen LogP contribution in [0.1, 0.15) is 37.7 Å². The van der Waals surface area contributed by atoms with Crippen molar-refractivity contribution in [3.8, 4) is 0 Å². The molecule has 1 unspecified atom stereocenters. The molecular formula is C31H33N3O2. The summed E-state index contributed by atoms with van der Waals surface area (Å²) < 4.78 is 6.02. The Balaban J connectivity index is 1.38. The quantitative estimate of drug-likeness (QED) is 0.239. The lowest BCUT2D eigenvalue weighted by molar-refractivity contribution is -0.127. The minimum atomic E-state index is -0.850. The van der Waals surface area contributed by atoms with Gasteiger partial charge in [0.05, 0.1) is 12.1 Å². The maximum absolute atomic E-state index is 13.8. The number of aromatic nitrogens is 1. The van der Waals surface area contributed by atoms with Crippen LogP contribution in [0.2, 0.25) is 0 Å². The second-order valence-corrected chi connectivity index (χ2v) is 10.4. The second-order valence-electron chi connectivity index (χ2n) is 10.4. The number of aromatic amines is 1. The van der Waals surface area contributed by atoms with E-state index in [0.29, 0.717) is 19.5 Å². The fraction of sp³-hybridized carbons (Fsp3) is 0.258. The number of nitrogens with one attached hydrogen (secondary N) is 3. The van der Waals surface area contributed by atoms with Gasteiger partial charge in [0.15, 0.2) is 0 Å². The Morgan fingerprint density at radius 1 is 0.917 bits per heavy atom. The van der Waals surface area contributed by atoms with Crippen LogP contribution in [0.4, 0.5) is 0 Å². The fourth-order valence-electron chi connectivity index (χ4n) is 4.78. The first-order chi connectivity index (χ1) is 17.3. The van der Waals surface area contributed by atoms with E-state index in [1.54, 1.807) is 0 Å². The molecule has 0 saturated carbocycles. The summed E-state index contributed by atoms with van der Waals surface area (Å²) in [5.41, 5.74) is 3.16. The topological polar surface area (TPSA) is 70.1 Å². The Labute approximate surface area is 211 Å². The van der Waals surface area contributed by atoms with E-state index in [0.717, 1.165) is 33.2 Å². The zero-order chi connectivity index (χ0) is 25.2. The first-order valence-electron chi connectivity index (χ1n) is 12.5. The van der Waals surface area contributed by atoms with Crippen LogP contribution < -0.4 is 10.6 Å². The lowest BCUT2D eigenvalue weighted by Gasteiger charge is -2.32. The van der Waals surface area contributed by atoms with Crippen molar-refractivity contribution in [1.29, 1.82) is 0 Å². The molecule has 0 radical (unpaired) electrons. The zero-order valence-electron chi connectivity index (χ0n) is 21.1. The van der Waals surface area contributed by atoms with E-state index in [1.807, 2.05) is 73.8 Å². The molecule has 5 heteroatoms. The van der Waals surface area contributed by atoms with Crippen molar-refractivity contribution in [3.63, 3.8) is 0 Å². The third-order valence-electron chi connectivity index (χ3n) is 7.10. The number of hydrogen-bond donors (Lipinski definition) is 3. The number of hydrogen-bond acceptors (Lipinski definition) is 3. The van der Waals surface area contributed by atoms with Gasteiger partial charge in [0.1, 0.15) is 11.3 Å². The van der Waals surface area contributed by atoms with Crippen LogP contribution in [0.5, 0.6) is 0 Å². The maximum Gasteiger partial charge on any atom is 0.240 e. The van der Waals surface area contributed by atoms with E-state index in [9.17, 15) is 4.79 Å². The summed E-state index contributed by atoms with van der Waals surface area (Å²) in [6.45, 7) is 7.26. The highest BCUT2D eigenvalue weighted by Crippen LogP contribution is 2.26. The molecule has 5 aromatic rings. The smallest absolute Gasteiger partial charge is 0.240 e. The largest absolute Gasteiger partial charge is 0.460 e. The van der Waals surface area contributed by atoms with Gasteiger partial charge in [-0.1, -0.05) is 80.6 Å². The molecule has 0 saturated heterocycles. The molecule has 3 aromatic carbocycles. The Bertz CT molecular complexity index is 1450. The van der Waals surface area contributed by atoms with E-state index >= 15 is 0 Å². The van der Waals surface area contributed by atoms with Gasteiger partial charge < -0.3 is 14.7 Å². The van der Waals surface area contributed by atoms with Crippen LogP contribution in [0.15, 0.2) is 95.5 Å². The van der Waals surface area contributed by atoms with Crippen LogP contribution in [-0.2, 0) is 23.2 Å². The lowest BCUT2D eigenvalue weighted by Crippen LogP contribution is -2.57.